The van der Waals surface area contributed by atoms with E-state index in [0.29, 0.717) is 6.42 Å². The number of rotatable bonds is 4. The fraction of sp³-hybridized carbons (Fsp3) is 0.526. The van der Waals surface area contributed by atoms with Gasteiger partial charge in [0.1, 0.15) is 6.04 Å². The average molecular weight is 301 g/mol. The van der Waals surface area contributed by atoms with Crippen LogP contribution in [-0.4, -0.2) is 22.7 Å². The van der Waals surface area contributed by atoms with Crippen molar-refractivity contribution in [1.82, 2.24) is 0 Å². The number of aryl methyl sites for hydroxylation is 2. The molecule has 0 amide bonds. The fourth-order valence-electron chi connectivity index (χ4n) is 3.51. The zero-order valence-electron chi connectivity index (χ0n) is 14.5. The molecular weight excluding hydrogens is 274 g/mol. The number of carboxylic acid groups (broad SMARTS) is 1. The Morgan fingerprint density at radius 2 is 1.82 bits per heavy atom. The highest BCUT2D eigenvalue weighted by molar-refractivity contribution is 5.87. The minimum absolute atomic E-state index is 0.309. The van der Waals surface area contributed by atoms with Gasteiger partial charge in [-0.3, -0.25) is 0 Å². The molecule has 0 saturated carbocycles. The maximum Gasteiger partial charge on any atom is 0.326 e. The minimum atomic E-state index is -0.743. The Morgan fingerprint density at radius 3 is 2.36 bits per heavy atom. The smallest absolute Gasteiger partial charge is 0.326 e. The predicted molar refractivity (Wildman–Crippen MR) is 92.5 cm³/mol. The van der Waals surface area contributed by atoms with E-state index < -0.39 is 12.0 Å². The maximum atomic E-state index is 11.9. The van der Waals surface area contributed by atoms with Crippen LogP contribution in [0.3, 0.4) is 0 Å². The number of hydrogen-bond donors (Lipinski definition) is 1. The SMILES string of the molecule is CCC[C@@H](C(=O)O)N1c2cc(C)c(C)cc2C(C)=CC1(C)C. The topological polar surface area (TPSA) is 40.5 Å². The summed E-state index contributed by atoms with van der Waals surface area (Å²) in [4.78, 5) is 13.9. The van der Waals surface area contributed by atoms with Crippen LogP contribution in [0.25, 0.3) is 5.57 Å². The molecule has 22 heavy (non-hydrogen) atoms. The number of hydrogen-bond acceptors (Lipinski definition) is 2. The van der Waals surface area contributed by atoms with Gasteiger partial charge in [0, 0.05) is 11.3 Å². The maximum absolute atomic E-state index is 11.9. The van der Waals surface area contributed by atoms with Crippen molar-refractivity contribution in [2.24, 2.45) is 0 Å². The van der Waals surface area contributed by atoms with Crippen molar-refractivity contribution in [3.8, 4) is 0 Å². The van der Waals surface area contributed by atoms with Crippen LogP contribution in [0.1, 0.15) is 57.2 Å². The van der Waals surface area contributed by atoms with Crippen LogP contribution in [0, 0.1) is 13.8 Å². The Kier molecular flexibility index (Phi) is 4.37. The molecule has 1 aliphatic heterocycles. The number of fused-ring (bicyclic) bond motifs is 1. The largest absolute Gasteiger partial charge is 0.480 e. The molecule has 1 aliphatic rings. The molecular formula is C19H27NO2. The van der Waals surface area contributed by atoms with Crippen LogP contribution >= 0.6 is 0 Å². The number of carboxylic acids is 1. The molecule has 0 aliphatic carbocycles. The highest BCUT2D eigenvalue weighted by Crippen LogP contribution is 2.42. The van der Waals surface area contributed by atoms with Gasteiger partial charge in [-0.1, -0.05) is 19.4 Å². The Balaban J connectivity index is 2.67. The molecule has 1 aromatic rings. The summed E-state index contributed by atoms with van der Waals surface area (Å²) in [5, 5.41) is 9.74. The van der Waals surface area contributed by atoms with Gasteiger partial charge in [0.2, 0.25) is 0 Å². The summed E-state index contributed by atoms with van der Waals surface area (Å²) in [6.07, 6.45) is 3.69. The lowest BCUT2D eigenvalue weighted by molar-refractivity contribution is -0.139. The van der Waals surface area contributed by atoms with Crippen molar-refractivity contribution in [3.05, 3.63) is 34.9 Å². The molecule has 3 nitrogen and oxygen atoms in total. The van der Waals surface area contributed by atoms with E-state index in [1.54, 1.807) is 0 Å². The lowest BCUT2D eigenvalue weighted by Crippen LogP contribution is -2.54. The van der Waals surface area contributed by atoms with Crippen molar-refractivity contribution in [2.45, 2.75) is 66.0 Å². The first-order valence-corrected chi connectivity index (χ1v) is 8.02. The normalized spacial score (nSPS) is 17.7. The van der Waals surface area contributed by atoms with Gasteiger partial charge < -0.3 is 10.0 Å². The molecule has 0 saturated heterocycles. The number of carbonyl (C=O) groups is 1. The molecule has 1 N–H and O–H groups in total. The number of benzene rings is 1. The van der Waals surface area contributed by atoms with E-state index in [4.69, 9.17) is 0 Å². The third kappa shape index (κ3) is 2.77. The summed E-state index contributed by atoms with van der Waals surface area (Å²) in [7, 11) is 0. The number of allylic oxidation sites excluding steroid dienone is 1. The molecule has 1 aromatic carbocycles. The summed E-state index contributed by atoms with van der Waals surface area (Å²) >= 11 is 0. The lowest BCUT2D eigenvalue weighted by atomic mass is 9.85. The molecule has 0 unspecified atom stereocenters. The second-order valence-corrected chi connectivity index (χ2v) is 6.95. The summed E-state index contributed by atoms with van der Waals surface area (Å²) in [5.41, 5.74) is 5.57. The standard InChI is InChI=1S/C19H27NO2/c1-7-8-16(18(21)22)20-17-10-13(3)12(2)9-15(17)14(4)11-19(20,5)6/h9-11,16H,7-8H2,1-6H3,(H,21,22)/t16-/m0/s1. The average Bonchev–Trinajstić information content (AvgIpc) is 2.39. The van der Waals surface area contributed by atoms with E-state index in [0.717, 1.165) is 17.7 Å². The van der Waals surface area contributed by atoms with Crippen LogP contribution in [0.5, 0.6) is 0 Å². The second-order valence-electron chi connectivity index (χ2n) is 6.95. The summed E-state index contributed by atoms with van der Waals surface area (Å²) in [6.45, 7) is 12.5. The molecule has 1 heterocycles. The summed E-state index contributed by atoms with van der Waals surface area (Å²) < 4.78 is 0. The molecule has 0 radical (unpaired) electrons. The van der Waals surface area contributed by atoms with E-state index >= 15 is 0 Å². The van der Waals surface area contributed by atoms with Gasteiger partial charge in [0.15, 0.2) is 0 Å². The van der Waals surface area contributed by atoms with E-state index in [9.17, 15) is 9.90 Å². The van der Waals surface area contributed by atoms with Crippen molar-refractivity contribution < 1.29 is 9.90 Å². The molecule has 2 rings (SSSR count). The zero-order valence-corrected chi connectivity index (χ0v) is 14.5. The molecule has 0 spiro atoms. The molecule has 0 fully saturated rings. The van der Waals surface area contributed by atoms with Crippen molar-refractivity contribution in [1.29, 1.82) is 0 Å². The first kappa shape index (κ1) is 16.6. The van der Waals surface area contributed by atoms with Crippen molar-refractivity contribution >= 4 is 17.2 Å². The summed E-state index contributed by atoms with van der Waals surface area (Å²) in [6, 6.07) is 3.84. The monoisotopic (exact) mass is 301 g/mol. The predicted octanol–water partition coefficient (Wildman–Crippen LogP) is 4.56. The Morgan fingerprint density at radius 1 is 1.23 bits per heavy atom. The van der Waals surface area contributed by atoms with E-state index in [1.807, 2.05) is 6.92 Å². The fourth-order valence-corrected chi connectivity index (χ4v) is 3.51. The van der Waals surface area contributed by atoms with Crippen LogP contribution in [0.15, 0.2) is 18.2 Å². The van der Waals surface area contributed by atoms with Gasteiger partial charge in [-0.05, 0) is 69.9 Å². The lowest BCUT2D eigenvalue weighted by Gasteiger charge is -2.46. The third-order valence-electron chi connectivity index (χ3n) is 4.65. The van der Waals surface area contributed by atoms with Crippen LogP contribution < -0.4 is 4.90 Å². The zero-order chi connectivity index (χ0) is 16.7. The van der Waals surface area contributed by atoms with Gasteiger partial charge in [0.25, 0.3) is 0 Å². The van der Waals surface area contributed by atoms with Crippen LogP contribution in [-0.2, 0) is 4.79 Å². The minimum Gasteiger partial charge on any atom is -0.480 e. The van der Waals surface area contributed by atoms with E-state index in [-0.39, 0.29) is 5.54 Å². The van der Waals surface area contributed by atoms with Gasteiger partial charge in [-0.15, -0.1) is 0 Å². The van der Waals surface area contributed by atoms with Crippen molar-refractivity contribution in [2.75, 3.05) is 4.90 Å². The number of anilines is 1. The molecule has 3 heteroatoms. The first-order chi connectivity index (χ1) is 10.2. The van der Waals surface area contributed by atoms with E-state index in [1.165, 1.54) is 16.7 Å². The molecule has 0 bridgehead atoms. The number of aliphatic carboxylic acids is 1. The number of nitrogens with zero attached hydrogens (tertiary/aromatic N) is 1. The van der Waals surface area contributed by atoms with Gasteiger partial charge >= 0.3 is 5.97 Å². The molecule has 0 aromatic heterocycles. The first-order valence-electron chi connectivity index (χ1n) is 8.02. The van der Waals surface area contributed by atoms with Crippen LogP contribution in [0.4, 0.5) is 5.69 Å². The van der Waals surface area contributed by atoms with Gasteiger partial charge in [-0.25, -0.2) is 4.79 Å². The Labute approximate surface area is 133 Å². The Bertz CT molecular complexity index is 629. The molecule has 120 valence electrons. The summed E-state index contributed by atoms with van der Waals surface area (Å²) in [5.74, 6) is -0.743. The third-order valence-corrected chi connectivity index (χ3v) is 4.65. The van der Waals surface area contributed by atoms with Crippen LogP contribution in [0.2, 0.25) is 0 Å². The second kappa shape index (κ2) is 5.79. The van der Waals surface area contributed by atoms with Gasteiger partial charge in [0.05, 0.1) is 5.54 Å². The molecule has 1 atom stereocenters. The quantitative estimate of drug-likeness (QED) is 0.886. The highest BCUT2D eigenvalue weighted by Gasteiger charge is 2.39. The van der Waals surface area contributed by atoms with E-state index in [2.05, 4.69) is 57.7 Å². The van der Waals surface area contributed by atoms with Crippen molar-refractivity contribution in [3.63, 3.8) is 0 Å². The Hall–Kier alpha value is -1.77. The van der Waals surface area contributed by atoms with Gasteiger partial charge in [-0.2, -0.15) is 0 Å². The highest BCUT2D eigenvalue weighted by atomic mass is 16.4.